The number of hydrogen-bond acceptors (Lipinski definition) is 4. The number of nitrogens with zero attached hydrogens (tertiary/aromatic N) is 1. The summed E-state index contributed by atoms with van der Waals surface area (Å²) in [5.74, 6) is -0.320. The van der Waals surface area contributed by atoms with Gasteiger partial charge in [-0.05, 0) is 81.0 Å². The highest BCUT2D eigenvalue weighted by Crippen LogP contribution is 2.24. The van der Waals surface area contributed by atoms with Crippen LogP contribution >= 0.6 is 23.8 Å². The molecular formula is C21H19ClN2O3S. The Morgan fingerprint density at radius 3 is 2.21 bits per heavy atom. The molecule has 144 valence electrons. The second-order valence-corrected chi connectivity index (χ2v) is 8.04. The van der Waals surface area contributed by atoms with Crippen LogP contribution in [0, 0.1) is 0 Å². The maximum atomic E-state index is 12.9. The number of nitrogens with one attached hydrogen (secondary N) is 1. The van der Waals surface area contributed by atoms with Crippen molar-refractivity contribution in [3.63, 3.8) is 0 Å². The van der Waals surface area contributed by atoms with Crippen molar-refractivity contribution in [2.24, 2.45) is 0 Å². The molecule has 28 heavy (non-hydrogen) atoms. The summed E-state index contributed by atoms with van der Waals surface area (Å²) >= 11 is 11.1. The van der Waals surface area contributed by atoms with Crippen LogP contribution in [0.3, 0.4) is 0 Å². The highest BCUT2D eigenvalue weighted by molar-refractivity contribution is 7.80. The fraction of sp³-hybridized carbons (Fsp3) is 0.190. The predicted octanol–water partition coefficient (Wildman–Crippen LogP) is 4.35. The van der Waals surface area contributed by atoms with E-state index in [1.54, 1.807) is 48.5 Å². The van der Waals surface area contributed by atoms with Crippen molar-refractivity contribution < 1.29 is 14.3 Å². The van der Waals surface area contributed by atoms with E-state index in [0.717, 1.165) is 0 Å². The molecule has 0 bridgehead atoms. The van der Waals surface area contributed by atoms with Crippen LogP contribution in [0.5, 0.6) is 5.75 Å². The molecule has 0 atom stereocenters. The van der Waals surface area contributed by atoms with Gasteiger partial charge in [-0.1, -0.05) is 23.7 Å². The van der Waals surface area contributed by atoms with Crippen LogP contribution in [-0.4, -0.2) is 22.5 Å². The maximum absolute atomic E-state index is 12.9. The third-order valence-corrected chi connectivity index (χ3v) is 4.34. The van der Waals surface area contributed by atoms with Crippen LogP contribution in [-0.2, 0) is 9.59 Å². The van der Waals surface area contributed by atoms with E-state index in [9.17, 15) is 9.59 Å². The van der Waals surface area contributed by atoms with Crippen molar-refractivity contribution in [2.45, 2.75) is 26.4 Å². The lowest BCUT2D eigenvalue weighted by Gasteiger charge is -2.29. The SMILES string of the molecule is CC(C)(C)Oc1ccc(/C=C2/C(=O)NC(=S)N(c3ccc(Cl)cc3)C2=O)cc1. The largest absolute Gasteiger partial charge is 0.488 e. The van der Waals surface area contributed by atoms with Crippen molar-refractivity contribution >= 4 is 52.5 Å². The highest BCUT2D eigenvalue weighted by Gasteiger charge is 2.34. The van der Waals surface area contributed by atoms with Crippen molar-refractivity contribution in [2.75, 3.05) is 4.90 Å². The number of amides is 2. The van der Waals surface area contributed by atoms with Crippen LogP contribution < -0.4 is 15.0 Å². The van der Waals surface area contributed by atoms with Crippen LogP contribution in [0.4, 0.5) is 5.69 Å². The molecule has 1 heterocycles. The summed E-state index contributed by atoms with van der Waals surface area (Å²) in [6.45, 7) is 5.88. The van der Waals surface area contributed by atoms with Gasteiger partial charge >= 0.3 is 0 Å². The summed E-state index contributed by atoms with van der Waals surface area (Å²) in [5, 5.41) is 3.13. The average molecular weight is 415 g/mol. The standard InChI is InChI=1S/C21H19ClN2O3S/c1-21(2,3)27-16-10-4-13(5-11-16)12-17-18(25)23-20(28)24(19(17)26)15-8-6-14(22)7-9-15/h4-12H,1-3H3,(H,23,25,28)/b17-12-. The molecule has 1 aliphatic heterocycles. The molecule has 2 amide bonds. The number of ether oxygens (including phenoxy) is 1. The number of halogens is 1. The van der Waals surface area contributed by atoms with Crippen LogP contribution in [0.25, 0.3) is 6.08 Å². The summed E-state index contributed by atoms with van der Waals surface area (Å²) in [7, 11) is 0. The van der Waals surface area contributed by atoms with E-state index in [1.165, 1.54) is 11.0 Å². The van der Waals surface area contributed by atoms with Crippen molar-refractivity contribution in [1.29, 1.82) is 0 Å². The number of rotatable bonds is 3. The van der Waals surface area contributed by atoms with E-state index in [1.807, 2.05) is 20.8 Å². The second-order valence-electron chi connectivity index (χ2n) is 7.22. The lowest BCUT2D eigenvalue weighted by molar-refractivity contribution is -0.122. The summed E-state index contributed by atoms with van der Waals surface area (Å²) in [6, 6.07) is 13.8. The molecule has 0 saturated carbocycles. The molecule has 3 rings (SSSR count). The summed E-state index contributed by atoms with van der Waals surface area (Å²) in [4.78, 5) is 26.6. The van der Waals surface area contributed by atoms with Gasteiger partial charge in [-0.3, -0.25) is 19.8 Å². The zero-order valence-corrected chi connectivity index (χ0v) is 17.2. The van der Waals surface area contributed by atoms with Gasteiger partial charge in [0.05, 0.1) is 5.69 Å². The lowest BCUT2D eigenvalue weighted by Crippen LogP contribution is -2.54. The van der Waals surface area contributed by atoms with Gasteiger partial charge in [0, 0.05) is 5.02 Å². The first-order chi connectivity index (χ1) is 13.1. The molecule has 1 aliphatic rings. The van der Waals surface area contributed by atoms with Crippen LogP contribution in [0.2, 0.25) is 5.02 Å². The molecule has 2 aromatic carbocycles. The first-order valence-corrected chi connectivity index (χ1v) is 9.39. The highest BCUT2D eigenvalue weighted by atomic mass is 35.5. The fourth-order valence-corrected chi connectivity index (χ4v) is 3.04. The van der Waals surface area contributed by atoms with Gasteiger partial charge in [-0.15, -0.1) is 0 Å². The van der Waals surface area contributed by atoms with Gasteiger partial charge in [-0.2, -0.15) is 0 Å². The van der Waals surface area contributed by atoms with E-state index in [-0.39, 0.29) is 16.3 Å². The molecule has 1 N–H and O–H groups in total. The molecule has 5 nitrogen and oxygen atoms in total. The molecule has 0 radical (unpaired) electrons. The Balaban J connectivity index is 1.89. The van der Waals surface area contributed by atoms with Crippen LogP contribution in [0.15, 0.2) is 54.1 Å². The third-order valence-electron chi connectivity index (χ3n) is 3.80. The fourth-order valence-electron chi connectivity index (χ4n) is 2.63. The van der Waals surface area contributed by atoms with E-state index < -0.39 is 11.8 Å². The van der Waals surface area contributed by atoms with Gasteiger partial charge in [0.1, 0.15) is 16.9 Å². The van der Waals surface area contributed by atoms with Gasteiger partial charge < -0.3 is 4.74 Å². The molecule has 0 spiro atoms. The number of carbonyl (C=O) groups excluding carboxylic acids is 2. The molecule has 0 unspecified atom stereocenters. The maximum Gasteiger partial charge on any atom is 0.270 e. The summed E-state index contributed by atoms with van der Waals surface area (Å²) < 4.78 is 5.78. The van der Waals surface area contributed by atoms with Gasteiger partial charge in [-0.25, -0.2) is 0 Å². The topological polar surface area (TPSA) is 58.6 Å². The number of carbonyl (C=O) groups is 2. The normalized spacial score (nSPS) is 16.4. The van der Waals surface area contributed by atoms with E-state index >= 15 is 0 Å². The lowest BCUT2D eigenvalue weighted by atomic mass is 10.1. The molecule has 7 heteroatoms. The Labute approximate surface area is 173 Å². The monoisotopic (exact) mass is 414 g/mol. The van der Waals surface area contributed by atoms with Crippen molar-refractivity contribution in [1.82, 2.24) is 5.32 Å². The van der Waals surface area contributed by atoms with Crippen molar-refractivity contribution in [3.8, 4) is 5.75 Å². The number of benzene rings is 2. The number of thiocarbonyl (C=S) groups is 1. The summed E-state index contributed by atoms with van der Waals surface area (Å²) in [5.41, 5.74) is 0.907. The molecule has 1 saturated heterocycles. The first-order valence-electron chi connectivity index (χ1n) is 8.60. The summed E-state index contributed by atoms with van der Waals surface area (Å²) in [6.07, 6.45) is 1.53. The Morgan fingerprint density at radius 1 is 1.04 bits per heavy atom. The minimum atomic E-state index is -0.532. The Morgan fingerprint density at radius 2 is 1.64 bits per heavy atom. The van der Waals surface area contributed by atoms with E-state index in [0.29, 0.717) is 22.0 Å². The number of hydrogen-bond donors (Lipinski definition) is 1. The Bertz CT molecular complexity index is 961. The van der Waals surface area contributed by atoms with Crippen LogP contribution in [0.1, 0.15) is 26.3 Å². The molecule has 0 aliphatic carbocycles. The zero-order chi connectivity index (χ0) is 20.5. The van der Waals surface area contributed by atoms with Crippen molar-refractivity contribution in [3.05, 3.63) is 64.7 Å². The quantitative estimate of drug-likeness (QED) is 0.461. The molecule has 2 aromatic rings. The minimum Gasteiger partial charge on any atom is -0.488 e. The first kappa shape index (κ1) is 20.0. The molecule has 0 aromatic heterocycles. The smallest absolute Gasteiger partial charge is 0.270 e. The van der Waals surface area contributed by atoms with Gasteiger partial charge in [0.15, 0.2) is 5.11 Å². The Kier molecular flexibility index (Phi) is 5.54. The van der Waals surface area contributed by atoms with Gasteiger partial charge in [0.25, 0.3) is 11.8 Å². The number of anilines is 1. The molecular weight excluding hydrogens is 396 g/mol. The minimum absolute atomic E-state index is 0.00644. The van der Waals surface area contributed by atoms with E-state index in [4.69, 9.17) is 28.6 Å². The Hall–Kier alpha value is -2.70. The van der Waals surface area contributed by atoms with E-state index in [2.05, 4.69) is 5.32 Å². The molecule has 1 fully saturated rings. The second kappa shape index (κ2) is 7.73. The third kappa shape index (κ3) is 4.58. The van der Waals surface area contributed by atoms with Gasteiger partial charge in [0.2, 0.25) is 0 Å². The average Bonchev–Trinajstić information content (AvgIpc) is 2.60. The zero-order valence-electron chi connectivity index (χ0n) is 15.7. The predicted molar refractivity (Wildman–Crippen MR) is 114 cm³/mol.